The highest BCUT2D eigenvalue weighted by molar-refractivity contribution is 5.39. The number of allylic oxidation sites excluding steroid dienone is 4. The van der Waals surface area contributed by atoms with E-state index in [1.54, 1.807) is 6.08 Å². The molecule has 0 aromatic heterocycles. The lowest BCUT2D eigenvalue weighted by molar-refractivity contribution is -0.0741. The molecule has 0 amide bonds. The van der Waals surface area contributed by atoms with Crippen molar-refractivity contribution in [2.75, 3.05) is 13.6 Å². The van der Waals surface area contributed by atoms with Crippen LogP contribution in [0.4, 0.5) is 0 Å². The minimum Gasteiger partial charge on any atom is -0.483 e. The van der Waals surface area contributed by atoms with E-state index in [1.165, 1.54) is 0 Å². The van der Waals surface area contributed by atoms with Crippen molar-refractivity contribution >= 4 is 0 Å². The van der Waals surface area contributed by atoms with Gasteiger partial charge in [-0.2, -0.15) is 0 Å². The summed E-state index contributed by atoms with van der Waals surface area (Å²) in [6.07, 6.45) is 5.79. The van der Waals surface area contributed by atoms with Gasteiger partial charge in [-0.1, -0.05) is 43.0 Å². The van der Waals surface area contributed by atoms with Crippen molar-refractivity contribution < 1.29 is 9.84 Å². The Morgan fingerprint density at radius 2 is 2.23 bits per heavy atom. The van der Waals surface area contributed by atoms with Crippen LogP contribution in [0.3, 0.4) is 0 Å². The van der Waals surface area contributed by atoms with E-state index in [2.05, 4.69) is 18.0 Å². The maximum atomic E-state index is 11.1. The van der Waals surface area contributed by atoms with E-state index in [9.17, 15) is 5.11 Å². The third-order valence-corrected chi connectivity index (χ3v) is 4.07. The first-order valence-electron chi connectivity index (χ1n) is 7.63. The molecular weight excluding hydrogens is 274 g/mol. The Hall–Kier alpha value is -1.84. The number of aliphatic hydroxyl groups is 1. The van der Waals surface area contributed by atoms with E-state index in [4.69, 9.17) is 4.74 Å². The highest BCUT2D eigenvalue weighted by Gasteiger charge is 2.46. The standard InChI is InChI=1S/C19H25NO2/c1-5-9-14(3)17(6-2)22-18-16-11-8-7-10-15(16)12-19(18,21)13-20-4/h5-11,18,20-21H,1,12-13H2,2-4H3/b14-9-,17-6+/t18-,19+/m0/s1. The van der Waals surface area contributed by atoms with E-state index in [0.29, 0.717) is 13.0 Å². The van der Waals surface area contributed by atoms with Gasteiger partial charge in [-0.25, -0.2) is 0 Å². The molecule has 0 aliphatic heterocycles. The summed E-state index contributed by atoms with van der Waals surface area (Å²) in [7, 11) is 1.84. The summed E-state index contributed by atoms with van der Waals surface area (Å²) in [4.78, 5) is 0. The van der Waals surface area contributed by atoms with E-state index >= 15 is 0 Å². The molecule has 0 unspecified atom stereocenters. The summed E-state index contributed by atoms with van der Waals surface area (Å²) < 4.78 is 6.22. The topological polar surface area (TPSA) is 41.5 Å². The summed E-state index contributed by atoms with van der Waals surface area (Å²) in [5.74, 6) is 0.774. The second kappa shape index (κ2) is 6.95. The van der Waals surface area contributed by atoms with E-state index < -0.39 is 5.60 Å². The van der Waals surface area contributed by atoms with Gasteiger partial charge >= 0.3 is 0 Å². The fourth-order valence-corrected chi connectivity index (χ4v) is 3.07. The normalized spacial score (nSPS) is 25.0. The van der Waals surface area contributed by atoms with Gasteiger partial charge in [0.2, 0.25) is 0 Å². The van der Waals surface area contributed by atoms with Crippen molar-refractivity contribution in [1.29, 1.82) is 0 Å². The molecule has 0 bridgehead atoms. The minimum atomic E-state index is -0.943. The van der Waals surface area contributed by atoms with Gasteiger partial charge in [-0.05, 0) is 43.7 Å². The van der Waals surface area contributed by atoms with Crippen molar-refractivity contribution in [2.24, 2.45) is 0 Å². The lowest BCUT2D eigenvalue weighted by atomic mass is 9.97. The van der Waals surface area contributed by atoms with E-state index in [0.717, 1.165) is 22.5 Å². The van der Waals surface area contributed by atoms with Crippen LogP contribution < -0.4 is 5.32 Å². The van der Waals surface area contributed by atoms with Crippen LogP contribution in [0.25, 0.3) is 0 Å². The molecule has 22 heavy (non-hydrogen) atoms. The monoisotopic (exact) mass is 299 g/mol. The second-order valence-corrected chi connectivity index (χ2v) is 5.75. The Bertz CT molecular complexity index is 603. The predicted molar refractivity (Wildman–Crippen MR) is 90.6 cm³/mol. The molecule has 0 fully saturated rings. The maximum Gasteiger partial charge on any atom is 0.154 e. The molecule has 0 saturated carbocycles. The van der Waals surface area contributed by atoms with Gasteiger partial charge in [0.25, 0.3) is 0 Å². The molecule has 1 aromatic carbocycles. The Morgan fingerprint density at radius 3 is 2.86 bits per heavy atom. The van der Waals surface area contributed by atoms with Gasteiger partial charge in [0.05, 0.1) is 0 Å². The average molecular weight is 299 g/mol. The molecule has 1 aliphatic rings. The van der Waals surface area contributed by atoms with Gasteiger partial charge in [0.1, 0.15) is 11.4 Å². The summed E-state index contributed by atoms with van der Waals surface area (Å²) >= 11 is 0. The third-order valence-electron chi connectivity index (χ3n) is 4.07. The van der Waals surface area contributed by atoms with Gasteiger partial charge in [-0.15, -0.1) is 0 Å². The lowest BCUT2D eigenvalue weighted by Gasteiger charge is -2.31. The molecule has 2 N–H and O–H groups in total. The molecule has 0 heterocycles. The molecule has 3 heteroatoms. The molecule has 2 atom stereocenters. The average Bonchev–Trinajstić information content (AvgIpc) is 2.77. The number of hydrogen-bond donors (Lipinski definition) is 2. The van der Waals surface area contributed by atoms with E-state index in [-0.39, 0.29) is 6.10 Å². The number of rotatable bonds is 6. The van der Waals surface area contributed by atoms with Crippen molar-refractivity contribution in [3.05, 3.63) is 71.5 Å². The fourth-order valence-electron chi connectivity index (χ4n) is 3.07. The van der Waals surface area contributed by atoms with Crippen LogP contribution in [-0.4, -0.2) is 24.3 Å². The Kier molecular flexibility index (Phi) is 5.22. The molecule has 1 aliphatic carbocycles. The first-order valence-corrected chi connectivity index (χ1v) is 7.63. The zero-order valence-corrected chi connectivity index (χ0v) is 13.6. The van der Waals surface area contributed by atoms with Gasteiger partial charge in [0.15, 0.2) is 6.10 Å². The van der Waals surface area contributed by atoms with E-state index in [1.807, 2.05) is 51.2 Å². The molecule has 3 nitrogen and oxygen atoms in total. The molecule has 0 saturated heterocycles. The highest BCUT2D eigenvalue weighted by Crippen LogP contribution is 2.43. The SMILES string of the molecule is C=C/C=C(C)\C(=C/C)O[C@H]1c2ccccc2C[C@@]1(O)CNC. The summed E-state index contributed by atoms with van der Waals surface area (Å²) in [6, 6.07) is 8.08. The first kappa shape index (κ1) is 16.5. The molecule has 118 valence electrons. The molecule has 2 rings (SSSR count). The quantitative estimate of drug-likeness (QED) is 0.625. The highest BCUT2D eigenvalue weighted by atomic mass is 16.5. The van der Waals surface area contributed by atoms with Crippen LogP contribution in [0.15, 0.2) is 60.4 Å². The largest absolute Gasteiger partial charge is 0.483 e. The van der Waals surface area contributed by atoms with Crippen molar-refractivity contribution in [3.8, 4) is 0 Å². The van der Waals surface area contributed by atoms with Crippen molar-refractivity contribution in [1.82, 2.24) is 5.32 Å². The number of nitrogens with one attached hydrogen (secondary N) is 1. The zero-order valence-electron chi connectivity index (χ0n) is 13.6. The van der Waals surface area contributed by atoms with Gasteiger partial charge in [-0.3, -0.25) is 0 Å². The third kappa shape index (κ3) is 3.16. The van der Waals surface area contributed by atoms with Gasteiger partial charge in [0, 0.05) is 13.0 Å². The number of fused-ring (bicyclic) bond motifs is 1. The maximum absolute atomic E-state index is 11.1. The molecule has 1 aromatic rings. The number of benzene rings is 1. The summed E-state index contributed by atoms with van der Waals surface area (Å²) in [5, 5.41) is 14.2. The smallest absolute Gasteiger partial charge is 0.154 e. The number of ether oxygens (including phenoxy) is 1. The Morgan fingerprint density at radius 1 is 1.50 bits per heavy atom. The first-order chi connectivity index (χ1) is 10.6. The van der Waals surface area contributed by atoms with Crippen molar-refractivity contribution in [2.45, 2.75) is 32.0 Å². The van der Waals surface area contributed by atoms with Crippen LogP contribution in [0.5, 0.6) is 0 Å². The minimum absolute atomic E-state index is 0.379. The van der Waals surface area contributed by atoms with Gasteiger partial charge < -0.3 is 15.2 Å². The molecule has 0 radical (unpaired) electrons. The summed E-state index contributed by atoms with van der Waals surface area (Å²) in [5.41, 5.74) is 2.26. The number of hydrogen-bond acceptors (Lipinski definition) is 3. The summed E-state index contributed by atoms with van der Waals surface area (Å²) in [6.45, 7) is 8.12. The molecular formula is C19H25NO2. The lowest BCUT2D eigenvalue weighted by Crippen LogP contribution is -2.44. The van der Waals surface area contributed by atoms with Crippen LogP contribution in [0, 0.1) is 0 Å². The predicted octanol–water partition coefficient (Wildman–Crippen LogP) is 3.29. The van der Waals surface area contributed by atoms with Crippen molar-refractivity contribution in [3.63, 3.8) is 0 Å². The zero-order chi connectivity index (χ0) is 16.2. The van der Waals surface area contributed by atoms with Crippen LogP contribution in [0.2, 0.25) is 0 Å². The number of likely N-dealkylation sites (N-methyl/N-ethyl adjacent to an activating group) is 1. The van der Waals surface area contributed by atoms with Crippen LogP contribution in [0.1, 0.15) is 31.1 Å². The second-order valence-electron chi connectivity index (χ2n) is 5.75. The van der Waals surface area contributed by atoms with Crippen LogP contribution >= 0.6 is 0 Å². The molecule has 0 spiro atoms. The van der Waals surface area contributed by atoms with Crippen LogP contribution in [-0.2, 0) is 11.2 Å². The fraction of sp³-hybridized carbons (Fsp3) is 0.368. The Labute approximate surface area is 133 Å². The Balaban J connectivity index is 2.36.